The Hall–Kier alpha value is -3.38. The fourth-order valence-corrected chi connectivity index (χ4v) is 3.75. The van der Waals surface area contributed by atoms with Gasteiger partial charge in [0.15, 0.2) is 5.69 Å². The number of fused-ring (bicyclic) bond motifs is 3. The van der Waals surface area contributed by atoms with E-state index in [9.17, 15) is 4.79 Å². The Morgan fingerprint density at radius 2 is 1.80 bits per heavy atom. The number of ether oxygens (including phenoxy) is 3. The summed E-state index contributed by atoms with van der Waals surface area (Å²) in [7, 11) is 3.26. The number of rotatable bonds is 6. The SMILES string of the molecule is COCc1c(C(=O)OC(C)C)ncc2[nH]c3cccc(-c4ccc(OC)cc4)c3c12. The lowest BCUT2D eigenvalue weighted by atomic mass is 9.97. The van der Waals surface area contributed by atoms with Crippen molar-refractivity contribution in [3.63, 3.8) is 0 Å². The van der Waals surface area contributed by atoms with Gasteiger partial charge in [-0.2, -0.15) is 0 Å². The van der Waals surface area contributed by atoms with Crippen LogP contribution in [0.1, 0.15) is 29.9 Å². The average molecular weight is 404 g/mol. The Kier molecular flexibility index (Phi) is 5.42. The van der Waals surface area contributed by atoms with E-state index in [2.05, 4.69) is 16.0 Å². The Balaban J connectivity index is 2.01. The first kappa shape index (κ1) is 19.9. The van der Waals surface area contributed by atoms with E-state index >= 15 is 0 Å². The lowest BCUT2D eigenvalue weighted by Crippen LogP contribution is -2.15. The number of nitrogens with one attached hydrogen (secondary N) is 1. The number of benzene rings is 2. The number of carbonyl (C=O) groups is 1. The summed E-state index contributed by atoms with van der Waals surface area (Å²) in [6, 6.07) is 14.0. The number of H-pyrrole nitrogens is 1. The quantitative estimate of drug-likeness (QED) is 0.453. The van der Waals surface area contributed by atoms with Gasteiger partial charge in [-0.1, -0.05) is 24.3 Å². The van der Waals surface area contributed by atoms with Crippen LogP contribution in [0.25, 0.3) is 32.9 Å². The van der Waals surface area contributed by atoms with E-state index < -0.39 is 5.97 Å². The fourth-order valence-electron chi connectivity index (χ4n) is 3.75. The van der Waals surface area contributed by atoms with Crippen molar-refractivity contribution in [2.75, 3.05) is 14.2 Å². The molecular formula is C24H24N2O4. The highest BCUT2D eigenvalue weighted by Crippen LogP contribution is 2.37. The number of hydrogen-bond donors (Lipinski definition) is 1. The number of nitrogens with zero attached hydrogens (tertiary/aromatic N) is 1. The topological polar surface area (TPSA) is 73.4 Å². The number of aromatic nitrogens is 2. The van der Waals surface area contributed by atoms with Crippen LogP contribution < -0.4 is 4.74 Å². The minimum absolute atomic E-state index is 0.233. The molecule has 2 heterocycles. The van der Waals surface area contributed by atoms with Crippen molar-refractivity contribution >= 4 is 27.8 Å². The van der Waals surface area contributed by atoms with Crippen LogP contribution in [0.4, 0.5) is 0 Å². The maximum Gasteiger partial charge on any atom is 0.357 e. The average Bonchev–Trinajstić information content (AvgIpc) is 3.13. The molecule has 0 aliphatic carbocycles. The van der Waals surface area contributed by atoms with Gasteiger partial charge in [-0.3, -0.25) is 0 Å². The molecule has 0 amide bonds. The van der Waals surface area contributed by atoms with E-state index in [4.69, 9.17) is 14.2 Å². The van der Waals surface area contributed by atoms with Gasteiger partial charge >= 0.3 is 5.97 Å². The summed E-state index contributed by atoms with van der Waals surface area (Å²) in [5.41, 5.74) is 4.91. The molecule has 1 N–H and O–H groups in total. The summed E-state index contributed by atoms with van der Waals surface area (Å²) < 4.78 is 16.2. The third-order valence-electron chi connectivity index (χ3n) is 4.99. The highest BCUT2D eigenvalue weighted by atomic mass is 16.5. The largest absolute Gasteiger partial charge is 0.497 e. The molecule has 0 fully saturated rings. The van der Waals surface area contributed by atoms with Crippen molar-refractivity contribution in [1.82, 2.24) is 9.97 Å². The van der Waals surface area contributed by atoms with E-state index in [-0.39, 0.29) is 18.4 Å². The Bertz CT molecular complexity index is 1210. The van der Waals surface area contributed by atoms with Gasteiger partial charge in [-0.25, -0.2) is 9.78 Å². The summed E-state index contributed by atoms with van der Waals surface area (Å²) in [4.78, 5) is 20.5. The third-order valence-corrected chi connectivity index (χ3v) is 4.99. The fraction of sp³-hybridized carbons (Fsp3) is 0.250. The van der Waals surface area contributed by atoms with E-state index in [0.717, 1.165) is 38.7 Å². The molecule has 2 aromatic carbocycles. The van der Waals surface area contributed by atoms with Gasteiger partial charge in [0.25, 0.3) is 0 Å². The number of pyridine rings is 1. The van der Waals surface area contributed by atoms with Crippen LogP contribution in [0, 0.1) is 0 Å². The van der Waals surface area contributed by atoms with Crippen molar-refractivity contribution in [3.8, 4) is 16.9 Å². The van der Waals surface area contributed by atoms with Gasteiger partial charge in [-0.05, 0) is 43.2 Å². The van der Waals surface area contributed by atoms with Crippen LogP contribution in [0.5, 0.6) is 5.75 Å². The summed E-state index contributed by atoms with van der Waals surface area (Å²) >= 11 is 0. The first-order chi connectivity index (χ1) is 14.5. The second-order valence-electron chi connectivity index (χ2n) is 7.34. The van der Waals surface area contributed by atoms with Crippen molar-refractivity contribution < 1.29 is 19.0 Å². The summed E-state index contributed by atoms with van der Waals surface area (Å²) in [6.07, 6.45) is 1.45. The van der Waals surface area contributed by atoms with Gasteiger partial charge < -0.3 is 19.2 Å². The minimum Gasteiger partial charge on any atom is -0.497 e. The molecule has 4 aromatic rings. The second-order valence-corrected chi connectivity index (χ2v) is 7.34. The van der Waals surface area contributed by atoms with Gasteiger partial charge in [0.1, 0.15) is 5.75 Å². The molecule has 30 heavy (non-hydrogen) atoms. The molecule has 0 spiro atoms. The molecule has 0 aliphatic heterocycles. The normalized spacial score (nSPS) is 11.4. The van der Waals surface area contributed by atoms with Gasteiger partial charge in [-0.15, -0.1) is 0 Å². The minimum atomic E-state index is -0.449. The lowest BCUT2D eigenvalue weighted by molar-refractivity contribution is 0.0366. The van der Waals surface area contributed by atoms with Crippen LogP contribution in [0.3, 0.4) is 0 Å². The van der Waals surface area contributed by atoms with Crippen LogP contribution in [0.15, 0.2) is 48.7 Å². The number of methoxy groups -OCH3 is 2. The predicted octanol–water partition coefficient (Wildman–Crippen LogP) is 5.10. The summed E-state index contributed by atoms with van der Waals surface area (Å²) in [5, 5.41) is 1.94. The van der Waals surface area contributed by atoms with Crippen LogP contribution in [-0.2, 0) is 16.1 Å². The maximum atomic E-state index is 12.7. The van der Waals surface area contributed by atoms with E-state index in [0.29, 0.717) is 5.56 Å². The van der Waals surface area contributed by atoms with Gasteiger partial charge in [0.2, 0.25) is 0 Å². The van der Waals surface area contributed by atoms with Crippen molar-refractivity contribution in [1.29, 1.82) is 0 Å². The smallest absolute Gasteiger partial charge is 0.357 e. The zero-order valence-corrected chi connectivity index (χ0v) is 17.5. The zero-order valence-electron chi connectivity index (χ0n) is 17.5. The Morgan fingerprint density at radius 1 is 1.03 bits per heavy atom. The van der Waals surface area contributed by atoms with Crippen LogP contribution >= 0.6 is 0 Å². The van der Waals surface area contributed by atoms with Crippen LogP contribution in [0.2, 0.25) is 0 Å². The second kappa shape index (κ2) is 8.16. The van der Waals surface area contributed by atoms with Crippen LogP contribution in [-0.4, -0.2) is 36.3 Å². The highest BCUT2D eigenvalue weighted by molar-refractivity contribution is 6.16. The standard InChI is InChI=1S/C24H24N2O4/c1-14(2)30-24(27)23-18(13-28-3)22-20(12-25-23)26-19-7-5-6-17(21(19)22)15-8-10-16(29-4)11-9-15/h5-12,14,26H,13H2,1-4H3. The zero-order chi connectivity index (χ0) is 21.3. The molecule has 0 atom stereocenters. The molecule has 154 valence electrons. The number of carbonyl (C=O) groups excluding carboxylic acids is 1. The van der Waals surface area contributed by atoms with Gasteiger partial charge in [0, 0.05) is 29.0 Å². The van der Waals surface area contributed by atoms with E-state index in [1.807, 2.05) is 50.2 Å². The Labute approximate surface area is 174 Å². The molecule has 2 aromatic heterocycles. The molecule has 0 saturated heterocycles. The first-order valence-corrected chi connectivity index (χ1v) is 9.80. The number of esters is 1. The molecule has 6 heteroatoms. The number of hydrogen-bond acceptors (Lipinski definition) is 5. The van der Waals surface area contributed by atoms with Gasteiger partial charge in [0.05, 0.1) is 31.5 Å². The Morgan fingerprint density at radius 3 is 2.47 bits per heavy atom. The monoisotopic (exact) mass is 404 g/mol. The summed E-state index contributed by atoms with van der Waals surface area (Å²) in [6.45, 7) is 3.89. The molecule has 0 bridgehead atoms. The van der Waals surface area contributed by atoms with Crippen molar-refractivity contribution in [2.45, 2.75) is 26.6 Å². The molecular weight excluding hydrogens is 380 g/mol. The molecule has 4 rings (SSSR count). The predicted molar refractivity (Wildman–Crippen MR) is 117 cm³/mol. The first-order valence-electron chi connectivity index (χ1n) is 9.80. The molecule has 6 nitrogen and oxygen atoms in total. The number of aromatic amines is 1. The third kappa shape index (κ3) is 3.50. The lowest BCUT2D eigenvalue weighted by Gasteiger charge is -2.13. The molecule has 0 radical (unpaired) electrons. The van der Waals surface area contributed by atoms with E-state index in [1.165, 1.54) is 0 Å². The molecule has 0 saturated carbocycles. The highest BCUT2D eigenvalue weighted by Gasteiger charge is 2.22. The maximum absolute atomic E-state index is 12.7. The summed E-state index contributed by atoms with van der Waals surface area (Å²) in [5.74, 6) is 0.350. The molecule has 0 unspecified atom stereocenters. The van der Waals surface area contributed by atoms with Crippen molar-refractivity contribution in [3.05, 3.63) is 59.9 Å². The van der Waals surface area contributed by atoms with E-state index in [1.54, 1.807) is 20.4 Å². The van der Waals surface area contributed by atoms with Crippen molar-refractivity contribution in [2.24, 2.45) is 0 Å². The molecule has 0 aliphatic rings.